The number of rotatable bonds is 8. The molecule has 25 heavy (non-hydrogen) atoms. The Bertz CT molecular complexity index is 706. The van der Waals surface area contributed by atoms with E-state index in [0.717, 1.165) is 21.9 Å². The van der Waals surface area contributed by atoms with Gasteiger partial charge in [-0.25, -0.2) is 0 Å². The Balaban J connectivity index is 1.84. The first kappa shape index (κ1) is 19.5. The lowest BCUT2D eigenvalue weighted by molar-refractivity contribution is -0.119. The molecular formula is C19H22ClNO3S. The zero-order chi connectivity index (χ0) is 18.2. The lowest BCUT2D eigenvalue weighted by atomic mass is 10.1. The second-order valence-corrected chi connectivity index (χ2v) is 6.94. The number of methoxy groups -OCH3 is 2. The van der Waals surface area contributed by atoms with Gasteiger partial charge in [-0.15, -0.1) is 11.8 Å². The van der Waals surface area contributed by atoms with Gasteiger partial charge in [-0.1, -0.05) is 29.8 Å². The fourth-order valence-corrected chi connectivity index (χ4v) is 3.26. The molecule has 6 heteroatoms. The van der Waals surface area contributed by atoms with Crippen LogP contribution < -0.4 is 14.8 Å². The number of carbonyl (C=O) groups excluding carboxylic acids is 1. The Morgan fingerprint density at radius 2 is 1.80 bits per heavy atom. The topological polar surface area (TPSA) is 47.6 Å². The third kappa shape index (κ3) is 5.87. The highest BCUT2D eigenvalue weighted by Crippen LogP contribution is 2.29. The number of thioether (sulfide) groups is 1. The van der Waals surface area contributed by atoms with E-state index >= 15 is 0 Å². The van der Waals surface area contributed by atoms with Gasteiger partial charge in [0.1, 0.15) is 0 Å². The summed E-state index contributed by atoms with van der Waals surface area (Å²) in [7, 11) is 3.19. The molecule has 0 heterocycles. The summed E-state index contributed by atoms with van der Waals surface area (Å²) in [5.74, 6) is 2.50. The summed E-state index contributed by atoms with van der Waals surface area (Å²) in [6, 6.07) is 13.2. The van der Waals surface area contributed by atoms with Crippen molar-refractivity contribution in [1.82, 2.24) is 5.32 Å². The summed E-state index contributed by atoms with van der Waals surface area (Å²) in [5.41, 5.74) is 2.11. The van der Waals surface area contributed by atoms with Gasteiger partial charge in [0, 0.05) is 10.8 Å². The van der Waals surface area contributed by atoms with Gasteiger partial charge in [-0.2, -0.15) is 0 Å². The van der Waals surface area contributed by atoms with Crippen LogP contribution >= 0.6 is 23.4 Å². The Morgan fingerprint density at radius 1 is 1.12 bits per heavy atom. The van der Waals surface area contributed by atoms with Crippen LogP contribution in [0, 0.1) is 0 Å². The minimum atomic E-state index is -0.108. The third-order valence-electron chi connectivity index (χ3n) is 3.70. The van der Waals surface area contributed by atoms with Crippen molar-refractivity contribution in [2.75, 3.05) is 20.0 Å². The summed E-state index contributed by atoms with van der Waals surface area (Å²) in [6.45, 7) is 1.95. The van der Waals surface area contributed by atoms with Gasteiger partial charge in [0.2, 0.25) is 5.91 Å². The minimum absolute atomic E-state index is 0.00116. The van der Waals surface area contributed by atoms with E-state index < -0.39 is 0 Å². The number of carbonyl (C=O) groups is 1. The van der Waals surface area contributed by atoms with Crippen molar-refractivity contribution < 1.29 is 14.3 Å². The number of nitrogens with one attached hydrogen (secondary N) is 1. The van der Waals surface area contributed by atoms with Crippen molar-refractivity contribution in [1.29, 1.82) is 0 Å². The van der Waals surface area contributed by atoms with Crippen molar-refractivity contribution in [2.45, 2.75) is 18.7 Å². The standard InChI is InChI=1S/C19H22ClNO3S/c1-13(15-6-9-17(23-2)18(10-15)24-3)21-19(22)12-25-11-14-4-7-16(20)8-5-14/h4-10,13H,11-12H2,1-3H3,(H,21,22)/t13-/m1/s1. The maximum Gasteiger partial charge on any atom is 0.230 e. The van der Waals surface area contributed by atoms with E-state index in [-0.39, 0.29) is 11.9 Å². The van der Waals surface area contributed by atoms with Crippen LogP contribution in [0.4, 0.5) is 0 Å². The van der Waals surface area contributed by atoms with Crippen LogP contribution in [0.25, 0.3) is 0 Å². The summed E-state index contributed by atoms with van der Waals surface area (Å²) >= 11 is 7.44. The lowest BCUT2D eigenvalue weighted by Gasteiger charge is -2.16. The monoisotopic (exact) mass is 379 g/mol. The number of benzene rings is 2. The van der Waals surface area contributed by atoms with Crippen molar-refractivity contribution in [3.05, 3.63) is 58.6 Å². The Hall–Kier alpha value is -1.85. The molecule has 0 aliphatic carbocycles. The molecule has 1 atom stereocenters. The highest BCUT2D eigenvalue weighted by Gasteiger charge is 2.12. The maximum atomic E-state index is 12.1. The average Bonchev–Trinajstić information content (AvgIpc) is 2.62. The molecular weight excluding hydrogens is 358 g/mol. The molecule has 0 radical (unpaired) electrons. The average molecular weight is 380 g/mol. The molecule has 0 aliphatic heterocycles. The number of amides is 1. The Labute approximate surface area is 157 Å². The molecule has 2 aromatic carbocycles. The summed E-state index contributed by atoms with van der Waals surface area (Å²) in [5, 5.41) is 3.72. The van der Waals surface area contributed by atoms with Crippen molar-refractivity contribution in [3.8, 4) is 11.5 Å². The maximum absolute atomic E-state index is 12.1. The van der Waals surface area contributed by atoms with Gasteiger partial charge < -0.3 is 14.8 Å². The zero-order valence-electron chi connectivity index (χ0n) is 14.5. The quantitative estimate of drug-likeness (QED) is 0.735. The van der Waals surface area contributed by atoms with E-state index in [4.69, 9.17) is 21.1 Å². The van der Waals surface area contributed by atoms with E-state index in [1.807, 2.05) is 49.4 Å². The van der Waals surface area contributed by atoms with E-state index in [0.29, 0.717) is 17.3 Å². The normalized spacial score (nSPS) is 11.7. The molecule has 0 aliphatic rings. The first-order valence-corrected chi connectivity index (χ1v) is 9.40. The molecule has 0 unspecified atom stereocenters. The predicted octanol–water partition coefficient (Wildman–Crippen LogP) is 4.47. The van der Waals surface area contributed by atoms with Crippen LogP contribution in [0.1, 0.15) is 24.1 Å². The highest BCUT2D eigenvalue weighted by molar-refractivity contribution is 7.99. The molecule has 1 amide bonds. The number of ether oxygens (including phenoxy) is 2. The van der Waals surface area contributed by atoms with Crippen LogP contribution in [0.3, 0.4) is 0 Å². The predicted molar refractivity (Wildman–Crippen MR) is 104 cm³/mol. The van der Waals surface area contributed by atoms with Gasteiger partial charge in [-0.3, -0.25) is 4.79 Å². The molecule has 2 rings (SSSR count). The van der Waals surface area contributed by atoms with Crippen LogP contribution in [0.5, 0.6) is 11.5 Å². The lowest BCUT2D eigenvalue weighted by Crippen LogP contribution is -2.28. The molecule has 0 saturated heterocycles. The van der Waals surface area contributed by atoms with Gasteiger partial charge in [0.15, 0.2) is 11.5 Å². The molecule has 0 saturated carbocycles. The van der Waals surface area contributed by atoms with Crippen LogP contribution in [-0.2, 0) is 10.5 Å². The Kier molecular flexibility index (Phi) is 7.47. The van der Waals surface area contributed by atoms with Crippen LogP contribution in [0.15, 0.2) is 42.5 Å². The summed E-state index contributed by atoms with van der Waals surface area (Å²) in [4.78, 5) is 12.1. The SMILES string of the molecule is COc1ccc([C@@H](C)NC(=O)CSCc2ccc(Cl)cc2)cc1OC. The minimum Gasteiger partial charge on any atom is -0.493 e. The van der Waals surface area contributed by atoms with Gasteiger partial charge in [-0.05, 0) is 42.3 Å². The van der Waals surface area contributed by atoms with E-state index in [1.54, 1.807) is 26.0 Å². The summed E-state index contributed by atoms with van der Waals surface area (Å²) < 4.78 is 10.5. The molecule has 1 N–H and O–H groups in total. The fraction of sp³-hybridized carbons (Fsp3) is 0.316. The van der Waals surface area contributed by atoms with Crippen molar-refractivity contribution in [3.63, 3.8) is 0 Å². The zero-order valence-corrected chi connectivity index (χ0v) is 16.1. The number of hydrogen-bond acceptors (Lipinski definition) is 4. The molecule has 2 aromatic rings. The molecule has 4 nitrogen and oxygen atoms in total. The first-order valence-electron chi connectivity index (χ1n) is 7.87. The third-order valence-corrected chi connectivity index (χ3v) is 4.96. The van der Waals surface area contributed by atoms with E-state index in [2.05, 4.69) is 5.32 Å². The van der Waals surface area contributed by atoms with Gasteiger partial charge in [0.05, 0.1) is 26.0 Å². The smallest absolute Gasteiger partial charge is 0.230 e. The Morgan fingerprint density at radius 3 is 2.44 bits per heavy atom. The molecule has 0 aromatic heterocycles. The van der Waals surface area contributed by atoms with Crippen molar-refractivity contribution in [2.24, 2.45) is 0 Å². The first-order chi connectivity index (χ1) is 12.0. The highest BCUT2D eigenvalue weighted by atomic mass is 35.5. The van der Waals surface area contributed by atoms with Gasteiger partial charge in [0.25, 0.3) is 0 Å². The van der Waals surface area contributed by atoms with Gasteiger partial charge >= 0.3 is 0 Å². The van der Waals surface area contributed by atoms with Crippen LogP contribution in [-0.4, -0.2) is 25.9 Å². The molecule has 0 bridgehead atoms. The number of hydrogen-bond donors (Lipinski definition) is 1. The van der Waals surface area contributed by atoms with E-state index in [1.165, 1.54) is 0 Å². The second kappa shape index (κ2) is 9.59. The molecule has 134 valence electrons. The largest absolute Gasteiger partial charge is 0.493 e. The fourth-order valence-electron chi connectivity index (χ4n) is 2.33. The second-order valence-electron chi connectivity index (χ2n) is 5.52. The summed E-state index contributed by atoms with van der Waals surface area (Å²) in [6.07, 6.45) is 0. The molecule has 0 fully saturated rings. The number of halogens is 1. The van der Waals surface area contributed by atoms with Crippen molar-refractivity contribution >= 4 is 29.3 Å². The van der Waals surface area contributed by atoms with E-state index in [9.17, 15) is 4.79 Å². The molecule has 0 spiro atoms. The van der Waals surface area contributed by atoms with Crippen LogP contribution in [0.2, 0.25) is 5.02 Å².